The average molecular weight is 1490 g/mol. The molecule has 10 atom stereocenters. The van der Waals surface area contributed by atoms with E-state index in [1.807, 2.05) is 297 Å². The molecule has 14 nitrogen and oxygen atoms in total. The third-order valence-electron chi connectivity index (χ3n) is 14.9. The lowest BCUT2D eigenvalue weighted by atomic mass is 10.2. The summed E-state index contributed by atoms with van der Waals surface area (Å²) in [5.74, 6) is 0. The van der Waals surface area contributed by atoms with E-state index in [0.29, 0.717) is 31.1 Å². The van der Waals surface area contributed by atoms with Gasteiger partial charge in [-0.1, -0.05) is 281 Å². The second-order valence-corrected chi connectivity index (χ2v) is 52.8. The Bertz CT molecular complexity index is 3890. The number of rotatable bonds is 12. The first-order valence-corrected chi connectivity index (χ1v) is 49.4. The zero-order valence-electron chi connectivity index (χ0n) is 48.0. The molecule has 0 saturated carbocycles. The van der Waals surface area contributed by atoms with Crippen LogP contribution in [0.4, 0.5) is 0 Å². The van der Waals surface area contributed by atoms with Crippen molar-refractivity contribution in [3.8, 4) is 0 Å². The number of hydrogen-bond acceptors (Lipinski definition) is 14. The molecule has 0 aliphatic carbocycles. The third-order valence-corrected chi connectivity index (χ3v) is 56.4. The van der Waals surface area contributed by atoms with Crippen molar-refractivity contribution in [2.75, 3.05) is 6.23 Å². The molecule has 0 aromatic heterocycles. The van der Waals surface area contributed by atoms with Crippen LogP contribution in [0.1, 0.15) is 11.1 Å². The van der Waals surface area contributed by atoms with Gasteiger partial charge in [0.25, 0.3) is 0 Å². The van der Waals surface area contributed by atoms with Crippen LogP contribution in [0, 0.1) is 0 Å². The topological polar surface area (TPSA) is 129 Å². The SMILES string of the molecule is C[Si]1(/C=C/c2ccc(Br)cc2)O[SiH]2CO[Si]3(c4ccccc4)O[SiH](c4ccccc4)O[Si]4(c5ccccc5)O[Si](C)(/C=C/c5ccc(Br)cc5)O[Si](c5ccccc5)(O3)O[Si@](c3ccccc3)(O2)O[Si](c2ccccc2)(O[Si](O[SiH3])(c2ccccc2)O1)O4. The van der Waals surface area contributed by atoms with Crippen molar-refractivity contribution in [1.29, 1.82) is 0 Å². The number of hydrogen-bond donors (Lipinski definition) is 0. The van der Waals surface area contributed by atoms with Crippen LogP contribution >= 0.6 is 31.9 Å². The normalized spacial score (nSPS) is 31.0. The van der Waals surface area contributed by atoms with Crippen molar-refractivity contribution in [2.24, 2.45) is 0 Å². The molecule has 0 spiro atoms. The minimum atomic E-state index is -5.18. The van der Waals surface area contributed by atoms with Crippen LogP contribution in [0.2, 0.25) is 13.1 Å². The maximum absolute atomic E-state index is 8.60. The third kappa shape index (κ3) is 13.0. The van der Waals surface area contributed by atoms with Crippen molar-refractivity contribution < 1.29 is 57.9 Å². The smallest absolute Gasteiger partial charge is 0.422 e. The highest BCUT2D eigenvalue weighted by Gasteiger charge is 2.75. The summed E-state index contributed by atoms with van der Waals surface area (Å²) in [6.07, 6.45) is 3.85. The molecule has 0 N–H and O–H groups in total. The van der Waals surface area contributed by atoms with Crippen LogP contribution in [0.15, 0.2) is 281 Å². The van der Waals surface area contributed by atoms with Crippen molar-refractivity contribution in [1.82, 2.24) is 0 Å². The Labute approximate surface area is 544 Å². The monoisotopic (exact) mass is 1480 g/mol. The number of halogens is 2. The first kappa shape index (κ1) is 62.1. The van der Waals surface area contributed by atoms with Crippen molar-refractivity contribution in [3.63, 3.8) is 0 Å². The second kappa shape index (κ2) is 26.1. The summed E-state index contributed by atoms with van der Waals surface area (Å²) in [7, 11) is -44.9. The lowest BCUT2D eigenvalue weighted by molar-refractivity contribution is 0.0914. The van der Waals surface area contributed by atoms with Crippen LogP contribution < -0.4 is 36.3 Å². The van der Waals surface area contributed by atoms with Crippen molar-refractivity contribution in [3.05, 3.63) is 292 Å². The van der Waals surface area contributed by atoms with Crippen LogP contribution in [0.5, 0.6) is 0 Å². The van der Waals surface area contributed by atoms with E-state index in [4.69, 9.17) is 57.9 Å². The summed E-state index contributed by atoms with van der Waals surface area (Å²) in [5, 5.41) is 4.15. The lowest BCUT2D eigenvalue weighted by Gasteiger charge is -2.53. The van der Waals surface area contributed by atoms with Gasteiger partial charge in [-0.2, -0.15) is 0 Å². The Morgan fingerprint density at radius 3 is 1.17 bits per heavy atom. The predicted octanol–water partition coefficient (Wildman–Crippen LogP) is 6.69. The standard InChI is InChI=1S/C61H60Br2O14Si11/c1-81(48-46-51-38-42-53(62)43-39-51)66-79-50-64-83(56-26-12-4-13-27-56)68-80(55-24-10-3-11-25-55)69-86(59-32-18-7-19-33-59)71-82(2,49-47-52-40-44-54(63)45-41-52)72-87(73-83,60-34-20-8-21-35-60)75-85(67-79,58-30-16-6-17-31-58)76-88(77-86,61-36-22-9-23-37-61)74-84(65-78,70-81)57-28-14-5-15-29-57/h3-49,79-80H,50H2,1-2,78H3/b48-46+,49-47+/t79?,80?,81?,82?,83?,84?,85-,86?,87?,88?/m0/s1. The highest BCUT2D eigenvalue weighted by Crippen LogP contribution is 2.41. The maximum atomic E-state index is 8.60. The summed E-state index contributed by atoms with van der Waals surface area (Å²) in [6.45, 7) is 3.98. The molecule has 9 aromatic rings. The summed E-state index contributed by atoms with van der Waals surface area (Å²) < 4.78 is 116. The molecule has 4 heterocycles. The largest absolute Gasteiger partial charge is 0.521 e. The van der Waals surface area contributed by atoms with E-state index in [9.17, 15) is 0 Å². The number of benzene rings is 9. The van der Waals surface area contributed by atoms with E-state index in [0.717, 1.165) is 25.3 Å². The fraction of sp³-hybridized carbons (Fsp3) is 0.0492. The molecule has 4 aliphatic heterocycles. The minimum Gasteiger partial charge on any atom is -0.422 e. The maximum Gasteiger partial charge on any atom is 0.521 e. The van der Waals surface area contributed by atoms with Gasteiger partial charge in [-0.25, -0.2) is 0 Å². The van der Waals surface area contributed by atoms with E-state index in [-0.39, 0.29) is 16.7 Å². The Hall–Kier alpha value is -4.75. The molecular weight excluding hydrogens is 1430 g/mol. The zero-order valence-corrected chi connectivity index (χ0v) is 63.5. The van der Waals surface area contributed by atoms with Gasteiger partial charge >= 0.3 is 88.5 Å². The van der Waals surface area contributed by atoms with Gasteiger partial charge in [0.2, 0.25) is 0 Å². The fourth-order valence-corrected chi connectivity index (χ4v) is 61.8. The molecule has 4 fully saturated rings. The lowest BCUT2D eigenvalue weighted by Crippen LogP contribution is -2.85. The zero-order chi connectivity index (χ0) is 60.3. The molecular formula is C61H60Br2O14Si11. The quantitative estimate of drug-likeness (QED) is 0.121. The highest BCUT2D eigenvalue weighted by molar-refractivity contribution is 9.10. The molecule has 0 amide bonds. The average Bonchev–Trinajstić information content (AvgIpc) is 0.992. The van der Waals surface area contributed by atoms with Crippen LogP contribution in [0.3, 0.4) is 0 Å². The molecule has 446 valence electrons. The second-order valence-electron chi connectivity index (χ2n) is 21.3. The molecule has 6 bridgehead atoms. The van der Waals surface area contributed by atoms with Crippen molar-refractivity contribution >= 4 is 179 Å². The van der Waals surface area contributed by atoms with Gasteiger partial charge < -0.3 is 57.9 Å². The minimum absolute atomic E-state index is 0.108. The van der Waals surface area contributed by atoms with Crippen LogP contribution in [0.25, 0.3) is 12.2 Å². The van der Waals surface area contributed by atoms with E-state index >= 15 is 0 Å². The summed E-state index contributed by atoms with van der Waals surface area (Å²) in [5.41, 5.74) is 5.79. The van der Waals surface area contributed by atoms with Gasteiger partial charge in [0, 0.05) is 40.1 Å². The molecule has 4 aliphatic rings. The molecule has 4 saturated heterocycles. The van der Waals surface area contributed by atoms with Crippen molar-refractivity contribution in [2.45, 2.75) is 13.1 Å². The first-order chi connectivity index (χ1) is 42.8. The predicted molar refractivity (Wildman–Crippen MR) is 371 cm³/mol. The van der Waals surface area contributed by atoms with Gasteiger partial charge in [-0.05, 0) is 65.1 Å². The molecule has 88 heavy (non-hydrogen) atoms. The molecule has 13 rings (SSSR count). The van der Waals surface area contributed by atoms with E-state index in [1.165, 1.54) is 0 Å². The van der Waals surface area contributed by atoms with Crippen LogP contribution in [-0.4, -0.2) is 105 Å². The fourth-order valence-electron chi connectivity index (χ4n) is 10.7. The van der Waals surface area contributed by atoms with Gasteiger partial charge in [-0.15, -0.1) is 0 Å². The van der Waals surface area contributed by atoms with Crippen LogP contribution in [-0.2, 0) is 57.9 Å². The molecule has 27 heteroatoms. The van der Waals surface area contributed by atoms with Gasteiger partial charge in [0.05, 0.1) is 6.23 Å². The summed E-state index contributed by atoms with van der Waals surface area (Å²) in [6, 6.07) is 84.6. The summed E-state index contributed by atoms with van der Waals surface area (Å²) >= 11 is 7.30. The van der Waals surface area contributed by atoms with Gasteiger partial charge in [0.15, 0.2) is 0 Å². The van der Waals surface area contributed by atoms with Gasteiger partial charge in [0.1, 0.15) is 10.5 Å². The van der Waals surface area contributed by atoms with E-state index < -0.39 is 88.5 Å². The Kier molecular flexibility index (Phi) is 18.4. The summed E-state index contributed by atoms with van der Waals surface area (Å²) in [4.78, 5) is 0. The van der Waals surface area contributed by atoms with E-state index in [2.05, 4.69) is 31.9 Å². The Morgan fingerprint density at radius 2 is 0.716 bits per heavy atom. The van der Waals surface area contributed by atoms with Gasteiger partial charge in [-0.3, -0.25) is 0 Å². The number of fused-ring (bicyclic) bond motifs is 6. The molecule has 9 aromatic carbocycles. The molecule has 0 radical (unpaired) electrons. The first-order valence-electron chi connectivity index (χ1n) is 28.5. The molecule has 9 unspecified atom stereocenters. The van der Waals surface area contributed by atoms with E-state index in [1.54, 1.807) is 0 Å². The highest BCUT2D eigenvalue weighted by atomic mass is 79.9. The Balaban J connectivity index is 1.23. The Morgan fingerprint density at radius 1 is 0.364 bits per heavy atom.